The van der Waals surface area contributed by atoms with E-state index in [1.54, 1.807) is 0 Å². The summed E-state index contributed by atoms with van der Waals surface area (Å²) in [4.78, 5) is 14.4. The highest BCUT2D eigenvalue weighted by Crippen LogP contribution is 2.20. The van der Waals surface area contributed by atoms with E-state index >= 15 is 0 Å². The fourth-order valence-corrected chi connectivity index (χ4v) is 2.47. The third-order valence-electron chi connectivity index (χ3n) is 3.53. The monoisotopic (exact) mass is 277 g/mol. The predicted molar refractivity (Wildman–Crippen MR) is 81.4 cm³/mol. The Morgan fingerprint density at radius 1 is 1.37 bits per heavy atom. The summed E-state index contributed by atoms with van der Waals surface area (Å²) in [7, 11) is 1.95. The van der Waals surface area contributed by atoms with Crippen LogP contribution in [0.3, 0.4) is 0 Å². The third kappa shape index (κ3) is 3.23. The summed E-state index contributed by atoms with van der Waals surface area (Å²) in [5, 5.41) is 2.95. The molecule has 5 heteroatoms. The molecule has 0 aliphatic carbocycles. The molecule has 0 radical (unpaired) electrons. The lowest BCUT2D eigenvalue weighted by Crippen LogP contribution is -2.44. The molecule has 1 heterocycles. The van der Waals surface area contributed by atoms with Crippen LogP contribution in [-0.4, -0.2) is 30.5 Å². The van der Waals surface area contributed by atoms with Crippen LogP contribution in [0.1, 0.15) is 24.8 Å². The first-order chi connectivity index (χ1) is 9.09. The molecule has 1 unspecified atom stereocenters. The number of hydrogen-bond acceptors (Lipinski definition) is 3. The molecular weight excluding hydrogens is 258 g/mol. The number of nitrogens with two attached hydrogens (primary N) is 1. The van der Waals surface area contributed by atoms with E-state index in [4.69, 9.17) is 18.0 Å². The maximum atomic E-state index is 12.0. The van der Waals surface area contributed by atoms with E-state index in [0.29, 0.717) is 4.99 Å². The van der Waals surface area contributed by atoms with Gasteiger partial charge in [-0.3, -0.25) is 4.79 Å². The number of benzene rings is 1. The van der Waals surface area contributed by atoms with Gasteiger partial charge in [0, 0.05) is 24.8 Å². The van der Waals surface area contributed by atoms with Crippen LogP contribution >= 0.6 is 12.2 Å². The summed E-state index contributed by atoms with van der Waals surface area (Å²) < 4.78 is 0. The minimum absolute atomic E-state index is 0.0989. The number of amides is 1. The van der Waals surface area contributed by atoms with Gasteiger partial charge in [0.15, 0.2) is 0 Å². The van der Waals surface area contributed by atoms with E-state index in [1.165, 1.54) is 0 Å². The summed E-state index contributed by atoms with van der Waals surface area (Å²) in [6.45, 7) is 0.781. The first kappa shape index (κ1) is 13.8. The lowest BCUT2D eigenvalue weighted by molar-refractivity contribution is -0.122. The largest absolute Gasteiger partial charge is 0.389 e. The second-order valence-electron chi connectivity index (χ2n) is 4.82. The minimum atomic E-state index is -0.0989. The number of nitrogens with one attached hydrogen (secondary N) is 1. The van der Waals surface area contributed by atoms with Crippen molar-refractivity contribution in [1.82, 2.24) is 5.32 Å². The molecule has 2 rings (SSSR count). The molecule has 1 aromatic rings. The topological polar surface area (TPSA) is 58.4 Å². The Hall–Kier alpha value is -1.62. The molecule has 0 saturated carbocycles. The van der Waals surface area contributed by atoms with Crippen molar-refractivity contribution in [2.75, 3.05) is 18.5 Å². The first-order valence-corrected chi connectivity index (χ1v) is 6.91. The quantitative estimate of drug-likeness (QED) is 0.821. The van der Waals surface area contributed by atoms with E-state index in [-0.39, 0.29) is 11.9 Å². The fraction of sp³-hybridized carbons (Fsp3) is 0.429. The smallest absolute Gasteiger partial charge is 0.242 e. The highest BCUT2D eigenvalue weighted by molar-refractivity contribution is 7.80. The normalized spacial score (nSPS) is 19.4. The van der Waals surface area contributed by atoms with Crippen molar-refractivity contribution in [3.63, 3.8) is 0 Å². The van der Waals surface area contributed by atoms with Crippen LogP contribution in [0, 0.1) is 0 Å². The molecule has 1 aliphatic rings. The van der Waals surface area contributed by atoms with E-state index in [9.17, 15) is 4.79 Å². The van der Waals surface area contributed by atoms with Crippen molar-refractivity contribution < 1.29 is 4.79 Å². The van der Waals surface area contributed by atoms with Crippen LogP contribution in [0.15, 0.2) is 24.3 Å². The van der Waals surface area contributed by atoms with Crippen molar-refractivity contribution in [3.05, 3.63) is 29.8 Å². The van der Waals surface area contributed by atoms with Crippen LogP contribution in [0.2, 0.25) is 0 Å². The van der Waals surface area contributed by atoms with Crippen LogP contribution in [0.4, 0.5) is 5.69 Å². The Balaban J connectivity index is 2.15. The maximum Gasteiger partial charge on any atom is 0.242 e. The molecule has 0 aromatic heterocycles. The average Bonchev–Trinajstić information content (AvgIpc) is 2.63. The zero-order chi connectivity index (χ0) is 13.8. The van der Waals surface area contributed by atoms with Gasteiger partial charge in [-0.1, -0.05) is 12.2 Å². The average molecular weight is 277 g/mol. The highest BCUT2D eigenvalue weighted by Gasteiger charge is 2.24. The number of hydrogen-bond donors (Lipinski definition) is 2. The molecule has 0 bridgehead atoms. The molecule has 1 aliphatic heterocycles. The molecule has 3 N–H and O–H groups in total. The van der Waals surface area contributed by atoms with Gasteiger partial charge in [-0.15, -0.1) is 0 Å². The molecular formula is C14H19N3OS. The molecule has 19 heavy (non-hydrogen) atoms. The number of rotatable bonds is 3. The van der Waals surface area contributed by atoms with Crippen LogP contribution in [-0.2, 0) is 4.79 Å². The summed E-state index contributed by atoms with van der Waals surface area (Å²) >= 11 is 4.93. The Labute approximate surface area is 119 Å². The Morgan fingerprint density at radius 3 is 2.68 bits per heavy atom. The Morgan fingerprint density at radius 2 is 2.05 bits per heavy atom. The second-order valence-corrected chi connectivity index (χ2v) is 5.26. The van der Waals surface area contributed by atoms with E-state index in [2.05, 4.69) is 5.32 Å². The summed E-state index contributed by atoms with van der Waals surface area (Å²) in [5.41, 5.74) is 7.43. The minimum Gasteiger partial charge on any atom is -0.389 e. The molecule has 1 saturated heterocycles. The second kappa shape index (κ2) is 6.02. The predicted octanol–water partition coefficient (Wildman–Crippen LogP) is 1.43. The summed E-state index contributed by atoms with van der Waals surface area (Å²) in [6, 6.07) is 7.59. The number of likely N-dealkylation sites (N-methyl/N-ethyl adjacent to an activating group) is 1. The van der Waals surface area contributed by atoms with Gasteiger partial charge in [-0.2, -0.15) is 0 Å². The van der Waals surface area contributed by atoms with Gasteiger partial charge in [0.2, 0.25) is 5.91 Å². The van der Waals surface area contributed by atoms with E-state index in [0.717, 1.165) is 37.1 Å². The van der Waals surface area contributed by atoms with Crippen molar-refractivity contribution >= 4 is 28.8 Å². The standard InChI is InChI=1S/C14H19N3OS/c1-17(12-4-2-3-9-16-14(12)18)11-7-5-10(6-8-11)13(15)19/h5-8,12H,2-4,9H2,1H3,(H2,15,19)(H,16,18). The van der Waals surface area contributed by atoms with Crippen molar-refractivity contribution in [2.24, 2.45) is 5.73 Å². The summed E-state index contributed by atoms with van der Waals surface area (Å²) in [5.74, 6) is 0.110. The number of anilines is 1. The number of carbonyl (C=O) groups excluding carboxylic acids is 1. The van der Waals surface area contributed by atoms with Gasteiger partial charge in [-0.25, -0.2) is 0 Å². The first-order valence-electron chi connectivity index (χ1n) is 6.50. The van der Waals surface area contributed by atoms with Gasteiger partial charge >= 0.3 is 0 Å². The lowest BCUT2D eigenvalue weighted by Gasteiger charge is -2.27. The SMILES string of the molecule is CN(c1ccc(C(N)=S)cc1)C1CCCCNC1=O. The molecule has 1 fully saturated rings. The highest BCUT2D eigenvalue weighted by atomic mass is 32.1. The van der Waals surface area contributed by atoms with Crippen LogP contribution < -0.4 is 16.0 Å². The van der Waals surface area contributed by atoms with Gasteiger partial charge in [0.1, 0.15) is 11.0 Å². The maximum absolute atomic E-state index is 12.0. The van der Waals surface area contributed by atoms with Gasteiger partial charge in [0.25, 0.3) is 0 Å². The zero-order valence-electron chi connectivity index (χ0n) is 11.1. The van der Waals surface area contributed by atoms with Crippen molar-refractivity contribution in [3.8, 4) is 0 Å². The van der Waals surface area contributed by atoms with Crippen LogP contribution in [0.25, 0.3) is 0 Å². The van der Waals surface area contributed by atoms with Crippen molar-refractivity contribution in [1.29, 1.82) is 0 Å². The molecule has 1 aromatic carbocycles. The number of carbonyl (C=O) groups is 1. The van der Waals surface area contributed by atoms with Gasteiger partial charge in [-0.05, 0) is 43.5 Å². The third-order valence-corrected chi connectivity index (χ3v) is 3.77. The van der Waals surface area contributed by atoms with E-state index < -0.39 is 0 Å². The number of nitrogens with zero attached hydrogens (tertiary/aromatic N) is 1. The summed E-state index contributed by atoms with van der Waals surface area (Å²) in [6.07, 6.45) is 3.01. The van der Waals surface area contributed by atoms with E-state index in [1.807, 2.05) is 36.2 Å². The molecule has 4 nitrogen and oxygen atoms in total. The Kier molecular flexibility index (Phi) is 4.37. The molecule has 102 valence electrons. The van der Waals surface area contributed by atoms with Crippen LogP contribution in [0.5, 0.6) is 0 Å². The van der Waals surface area contributed by atoms with Gasteiger partial charge < -0.3 is 16.0 Å². The van der Waals surface area contributed by atoms with Gasteiger partial charge in [0.05, 0.1) is 0 Å². The lowest BCUT2D eigenvalue weighted by atomic mass is 10.1. The molecule has 1 amide bonds. The fourth-order valence-electron chi connectivity index (χ4n) is 2.33. The number of thiocarbonyl (C=S) groups is 1. The van der Waals surface area contributed by atoms with Crippen molar-refractivity contribution in [2.45, 2.75) is 25.3 Å². The Bertz CT molecular complexity index is 472. The molecule has 1 atom stereocenters. The zero-order valence-corrected chi connectivity index (χ0v) is 11.9. The molecule has 0 spiro atoms.